The number of aliphatic hydroxyl groups excluding tert-OH is 1. The monoisotopic (exact) mass is 244 g/mol. The van der Waals surface area contributed by atoms with Gasteiger partial charge < -0.3 is 20.1 Å². The molecule has 1 aliphatic rings. The van der Waals surface area contributed by atoms with Crippen LogP contribution < -0.4 is 5.32 Å². The molecule has 4 heteroatoms. The van der Waals surface area contributed by atoms with Crippen LogP contribution in [0.25, 0.3) is 0 Å². The number of ether oxygens (including phenoxy) is 1. The number of rotatable bonds is 7. The average Bonchev–Trinajstić information content (AvgIpc) is 2.29. The second-order valence-corrected chi connectivity index (χ2v) is 5.42. The molecule has 0 aromatic rings. The van der Waals surface area contributed by atoms with Crippen molar-refractivity contribution in [3.05, 3.63) is 0 Å². The Balaban J connectivity index is 2.12. The molecular formula is C13H28N2O2. The molecular weight excluding hydrogens is 216 g/mol. The molecule has 0 aromatic heterocycles. The van der Waals surface area contributed by atoms with Crippen LogP contribution in [-0.2, 0) is 4.74 Å². The molecule has 0 aromatic carbocycles. The average molecular weight is 244 g/mol. The molecule has 1 aliphatic heterocycles. The van der Waals surface area contributed by atoms with Crippen LogP contribution in [0.1, 0.15) is 26.7 Å². The highest BCUT2D eigenvalue weighted by molar-refractivity contribution is 4.75. The summed E-state index contributed by atoms with van der Waals surface area (Å²) in [4.78, 5) is 2.36. The molecule has 1 rings (SSSR count). The number of hydrogen-bond acceptors (Lipinski definition) is 4. The SMILES string of the molecule is COCC1CCN(CC(O)CNC(C)C)CC1. The first kappa shape index (κ1) is 14.9. The number of likely N-dealkylation sites (tertiary alicyclic amines) is 1. The van der Waals surface area contributed by atoms with Crippen LogP contribution in [0.3, 0.4) is 0 Å². The highest BCUT2D eigenvalue weighted by atomic mass is 16.5. The minimum Gasteiger partial charge on any atom is -0.390 e. The van der Waals surface area contributed by atoms with Gasteiger partial charge in [-0.05, 0) is 31.8 Å². The smallest absolute Gasteiger partial charge is 0.0791 e. The Morgan fingerprint density at radius 2 is 2.00 bits per heavy atom. The quantitative estimate of drug-likeness (QED) is 0.692. The van der Waals surface area contributed by atoms with Crippen molar-refractivity contribution in [1.29, 1.82) is 0 Å². The van der Waals surface area contributed by atoms with Crippen LogP contribution in [0.2, 0.25) is 0 Å². The van der Waals surface area contributed by atoms with Crippen LogP contribution in [0, 0.1) is 5.92 Å². The fourth-order valence-electron chi connectivity index (χ4n) is 2.31. The lowest BCUT2D eigenvalue weighted by Crippen LogP contribution is -2.43. The van der Waals surface area contributed by atoms with Gasteiger partial charge in [0.1, 0.15) is 0 Å². The Bertz CT molecular complexity index is 192. The Hall–Kier alpha value is -0.160. The van der Waals surface area contributed by atoms with Gasteiger partial charge in [0.15, 0.2) is 0 Å². The Morgan fingerprint density at radius 3 is 2.53 bits per heavy atom. The number of hydrogen-bond donors (Lipinski definition) is 2. The summed E-state index contributed by atoms with van der Waals surface area (Å²) in [5.41, 5.74) is 0. The van der Waals surface area contributed by atoms with Crippen LogP contribution in [0.5, 0.6) is 0 Å². The van der Waals surface area contributed by atoms with Gasteiger partial charge >= 0.3 is 0 Å². The molecule has 1 atom stereocenters. The van der Waals surface area contributed by atoms with E-state index in [1.165, 1.54) is 12.8 Å². The summed E-state index contributed by atoms with van der Waals surface area (Å²) in [6, 6.07) is 0.442. The van der Waals surface area contributed by atoms with Crippen molar-refractivity contribution >= 4 is 0 Å². The van der Waals surface area contributed by atoms with E-state index in [4.69, 9.17) is 4.74 Å². The van der Waals surface area contributed by atoms with Crippen molar-refractivity contribution in [1.82, 2.24) is 10.2 Å². The van der Waals surface area contributed by atoms with Gasteiger partial charge in [0, 0.05) is 32.8 Å². The lowest BCUT2D eigenvalue weighted by atomic mass is 9.97. The summed E-state index contributed by atoms with van der Waals surface area (Å²) in [6.45, 7) is 8.74. The second kappa shape index (κ2) is 8.03. The van der Waals surface area contributed by atoms with Crippen LogP contribution in [0.15, 0.2) is 0 Å². The molecule has 1 heterocycles. The minimum atomic E-state index is -0.253. The molecule has 0 bridgehead atoms. The first-order chi connectivity index (χ1) is 8.11. The zero-order valence-electron chi connectivity index (χ0n) is 11.5. The van der Waals surface area contributed by atoms with E-state index in [2.05, 4.69) is 24.1 Å². The fourth-order valence-corrected chi connectivity index (χ4v) is 2.31. The Morgan fingerprint density at radius 1 is 1.35 bits per heavy atom. The maximum Gasteiger partial charge on any atom is 0.0791 e. The molecule has 2 N–H and O–H groups in total. The number of piperidine rings is 1. The molecule has 1 unspecified atom stereocenters. The number of nitrogens with zero attached hydrogens (tertiary/aromatic N) is 1. The van der Waals surface area contributed by atoms with Crippen molar-refractivity contribution in [2.24, 2.45) is 5.92 Å². The minimum absolute atomic E-state index is 0.253. The van der Waals surface area contributed by atoms with Crippen LogP contribution in [-0.4, -0.2) is 62.0 Å². The zero-order chi connectivity index (χ0) is 12.7. The largest absolute Gasteiger partial charge is 0.390 e. The standard InChI is InChI=1S/C13H28N2O2/c1-11(2)14-8-13(16)9-15-6-4-12(5-7-15)10-17-3/h11-14,16H,4-10H2,1-3H3. The van der Waals surface area contributed by atoms with Crippen molar-refractivity contribution in [3.8, 4) is 0 Å². The summed E-state index contributed by atoms with van der Waals surface area (Å²) in [6.07, 6.45) is 2.13. The van der Waals surface area contributed by atoms with Gasteiger partial charge in [0.2, 0.25) is 0 Å². The van der Waals surface area contributed by atoms with Gasteiger partial charge in [-0.2, -0.15) is 0 Å². The molecule has 4 nitrogen and oxygen atoms in total. The van der Waals surface area contributed by atoms with E-state index in [-0.39, 0.29) is 6.10 Å². The normalized spacial score (nSPS) is 21.0. The Labute approximate surface area is 105 Å². The molecule has 1 fully saturated rings. The van der Waals surface area contributed by atoms with E-state index in [0.717, 1.165) is 26.2 Å². The van der Waals surface area contributed by atoms with Crippen molar-refractivity contribution in [2.45, 2.75) is 38.8 Å². The molecule has 0 spiro atoms. The third-order valence-corrected chi connectivity index (χ3v) is 3.34. The maximum absolute atomic E-state index is 9.89. The second-order valence-electron chi connectivity index (χ2n) is 5.42. The van der Waals surface area contributed by atoms with E-state index in [1.54, 1.807) is 7.11 Å². The molecule has 0 amide bonds. The highest BCUT2D eigenvalue weighted by Crippen LogP contribution is 2.17. The third kappa shape index (κ3) is 6.36. The molecule has 0 aliphatic carbocycles. The van der Waals surface area contributed by atoms with E-state index in [1.807, 2.05) is 0 Å². The summed E-state index contributed by atoms with van der Waals surface area (Å²) in [5, 5.41) is 13.2. The van der Waals surface area contributed by atoms with Gasteiger partial charge in [0.25, 0.3) is 0 Å². The summed E-state index contributed by atoms with van der Waals surface area (Å²) in [5.74, 6) is 0.710. The van der Waals surface area contributed by atoms with Crippen LogP contribution in [0.4, 0.5) is 0 Å². The first-order valence-corrected chi connectivity index (χ1v) is 6.74. The number of nitrogens with one attached hydrogen (secondary N) is 1. The number of β-amino-alcohol motifs (C(OH)–C–C–N with tert-alkyl or cyclic N) is 1. The van der Waals surface area contributed by atoms with Crippen molar-refractivity contribution in [2.75, 3.05) is 39.9 Å². The highest BCUT2D eigenvalue weighted by Gasteiger charge is 2.20. The Kier molecular flexibility index (Phi) is 7.04. The fraction of sp³-hybridized carbons (Fsp3) is 1.00. The van der Waals surface area contributed by atoms with Crippen LogP contribution >= 0.6 is 0 Å². The van der Waals surface area contributed by atoms with Crippen molar-refractivity contribution in [3.63, 3.8) is 0 Å². The predicted molar refractivity (Wildman–Crippen MR) is 70.2 cm³/mol. The van der Waals surface area contributed by atoms with E-state index < -0.39 is 0 Å². The summed E-state index contributed by atoms with van der Waals surface area (Å²) < 4.78 is 5.18. The van der Waals surface area contributed by atoms with E-state index in [0.29, 0.717) is 18.5 Å². The van der Waals surface area contributed by atoms with Crippen molar-refractivity contribution < 1.29 is 9.84 Å². The topological polar surface area (TPSA) is 44.7 Å². The lowest BCUT2D eigenvalue weighted by Gasteiger charge is -2.33. The van der Waals surface area contributed by atoms with Gasteiger partial charge in [-0.25, -0.2) is 0 Å². The summed E-state index contributed by atoms with van der Waals surface area (Å²) in [7, 11) is 1.77. The molecule has 1 saturated heterocycles. The third-order valence-electron chi connectivity index (χ3n) is 3.34. The summed E-state index contributed by atoms with van der Waals surface area (Å²) >= 11 is 0. The molecule has 17 heavy (non-hydrogen) atoms. The molecule has 0 radical (unpaired) electrons. The maximum atomic E-state index is 9.89. The van der Waals surface area contributed by atoms with Gasteiger partial charge in [0.05, 0.1) is 6.10 Å². The van der Waals surface area contributed by atoms with Gasteiger partial charge in [-0.1, -0.05) is 13.8 Å². The molecule has 0 saturated carbocycles. The first-order valence-electron chi connectivity index (χ1n) is 6.74. The number of methoxy groups -OCH3 is 1. The molecule has 102 valence electrons. The lowest BCUT2D eigenvalue weighted by molar-refractivity contribution is 0.0651. The zero-order valence-corrected chi connectivity index (χ0v) is 11.5. The predicted octanol–water partition coefficient (Wildman–Crippen LogP) is 0.704. The van der Waals surface area contributed by atoms with Gasteiger partial charge in [-0.15, -0.1) is 0 Å². The van der Waals surface area contributed by atoms with E-state index in [9.17, 15) is 5.11 Å². The number of aliphatic hydroxyl groups is 1. The van der Waals surface area contributed by atoms with Gasteiger partial charge in [-0.3, -0.25) is 0 Å². The van der Waals surface area contributed by atoms with E-state index >= 15 is 0 Å².